The van der Waals surface area contributed by atoms with Gasteiger partial charge in [0.05, 0.1) is 16.9 Å². The van der Waals surface area contributed by atoms with Crippen molar-refractivity contribution in [1.29, 1.82) is 0 Å². The first kappa shape index (κ1) is 24.6. The van der Waals surface area contributed by atoms with Crippen molar-refractivity contribution in [2.24, 2.45) is 0 Å². The van der Waals surface area contributed by atoms with E-state index < -0.39 is 0 Å². The standard InChI is InChI=1S/C29H33N3O3/c1-4-17-32-27(30-25-14-9-8-13-24(25)29(32)34)26(5-2)31(18-10-19-35-3)28(33)23-16-15-21-11-6-7-12-22(21)20-23/h6-9,11-16,20,26H,4-5,10,17-19H2,1-3H3. The van der Waals surface area contributed by atoms with Gasteiger partial charge in [-0.2, -0.15) is 0 Å². The SMILES string of the molecule is CCCn1c(C(CC)N(CCCOC)C(=O)c2ccc3ccccc3c2)nc2ccccc2c1=O. The van der Waals surface area contributed by atoms with Crippen LogP contribution in [-0.4, -0.2) is 40.6 Å². The van der Waals surface area contributed by atoms with Crippen molar-refractivity contribution >= 4 is 27.6 Å². The van der Waals surface area contributed by atoms with Crippen LogP contribution in [0.4, 0.5) is 0 Å². The van der Waals surface area contributed by atoms with Crippen LogP contribution in [0.1, 0.15) is 55.3 Å². The van der Waals surface area contributed by atoms with Gasteiger partial charge in [0.2, 0.25) is 0 Å². The second kappa shape index (κ2) is 11.3. The predicted molar refractivity (Wildman–Crippen MR) is 141 cm³/mol. The van der Waals surface area contributed by atoms with E-state index in [-0.39, 0.29) is 17.5 Å². The molecule has 35 heavy (non-hydrogen) atoms. The molecular weight excluding hydrogens is 438 g/mol. The molecule has 0 aliphatic carbocycles. The van der Waals surface area contributed by atoms with Crippen molar-refractivity contribution in [3.05, 3.63) is 88.5 Å². The van der Waals surface area contributed by atoms with Gasteiger partial charge in [0.1, 0.15) is 5.82 Å². The lowest BCUT2D eigenvalue weighted by Crippen LogP contribution is -2.39. The maximum Gasteiger partial charge on any atom is 0.261 e. The molecule has 0 fully saturated rings. The highest BCUT2D eigenvalue weighted by atomic mass is 16.5. The third kappa shape index (κ3) is 5.13. The zero-order valence-electron chi connectivity index (χ0n) is 20.7. The maximum atomic E-state index is 13.9. The molecule has 0 spiro atoms. The third-order valence-electron chi connectivity index (χ3n) is 6.40. The minimum Gasteiger partial charge on any atom is -0.385 e. The Hall–Kier alpha value is -3.51. The fourth-order valence-corrected chi connectivity index (χ4v) is 4.69. The molecule has 1 amide bonds. The molecule has 0 saturated carbocycles. The van der Waals surface area contributed by atoms with Crippen molar-refractivity contribution in [1.82, 2.24) is 14.5 Å². The van der Waals surface area contributed by atoms with Gasteiger partial charge in [-0.25, -0.2) is 4.98 Å². The maximum absolute atomic E-state index is 13.9. The number of aromatic nitrogens is 2. The Morgan fingerprint density at radius 1 is 1.03 bits per heavy atom. The number of methoxy groups -OCH3 is 1. The van der Waals surface area contributed by atoms with Crippen molar-refractivity contribution < 1.29 is 9.53 Å². The lowest BCUT2D eigenvalue weighted by atomic mass is 10.0. The molecule has 0 aliphatic heterocycles. The summed E-state index contributed by atoms with van der Waals surface area (Å²) >= 11 is 0. The summed E-state index contributed by atoms with van der Waals surface area (Å²) in [6.45, 7) is 5.69. The van der Waals surface area contributed by atoms with Gasteiger partial charge < -0.3 is 9.64 Å². The molecule has 0 radical (unpaired) electrons. The molecule has 0 aliphatic rings. The topological polar surface area (TPSA) is 64.4 Å². The summed E-state index contributed by atoms with van der Waals surface area (Å²) in [5.41, 5.74) is 1.24. The van der Waals surface area contributed by atoms with E-state index in [0.717, 1.165) is 17.2 Å². The van der Waals surface area contributed by atoms with Crippen molar-refractivity contribution in [3.63, 3.8) is 0 Å². The smallest absolute Gasteiger partial charge is 0.261 e. The highest BCUT2D eigenvalue weighted by Crippen LogP contribution is 2.27. The molecule has 182 valence electrons. The highest BCUT2D eigenvalue weighted by molar-refractivity contribution is 5.98. The molecule has 1 heterocycles. The van der Waals surface area contributed by atoms with E-state index in [1.165, 1.54) is 0 Å². The first-order valence-corrected chi connectivity index (χ1v) is 12.4. The van der Waals surface area contributed by atoms with Gasteiger partial charge >= 0.3 is 0 Å². The van der Waals surface area contributed by atoms with Crippen LogP contribution in [0.2, 0.25) is 0 Å². The largest absolute Gasteiger partial charge is 0.385 e. The van der Waals surface area contributed by atoms with Crippen molar-refractivity contribution in [2.75, 3.05) is 20.3 Å². The number of rotatable bonds is 10. The van der Waals surface area contributed by atoms with Crippen molar-refractivity contribution in [3.8, 4) is 0 Å². The van der Waals surface area contributed by atoms with E-state index in [2.05, 4.69) is 0 Å². The van der Waals surface area contributed by atoms with Crippen molar-refractivity contribution in [2.45, 2.75) is 45.7 Å². The van der Waals surface area contributed by atoms with Gasteiger partial charge in [-0.3, -0.25) is 14.2 Å². The number of hydrogen-bond donors (Lipinski definition) is 0. The summed E-state index contributed by atoms with van der Waals surface area (Å²) in [7, 11) is 1.66. The quantitative estimate of drug-likeness (QED) is 0.283. The number of fused-ring (bicyclic) bond motifs is 2. The van der Waals surface area contributed by atoms with Crippen LogP contribution in [0.15, 0.2) is 71.5 Å². The first-order valence-electron chi connectivity index (χ1n) is 12.4. The highest BCUT2D eigenvalue weighted by Gasteiger charge is 2.29. The van der Waals surface area contributed by atoms with E-state index >= 15 is 0 Å². The molecule has 4 aromatic rings. The van der Waals surface area contributed by atoms with Gasteiger partial charge in [-0.05, 0) is 54.3 Å². The number of hydrogen-bond acceptors (Lipinski definition) is 4. The summed E-state index contributed by atoms with van der Waals surface area (Å²) in [5.74, 6) is 0.578. The van der Waals surface area contributed by atoms with Crippen LogP contribution in [0, 0.1) is 0 Å². The molecule has 6 heteroatoms. The Kier molecular flexibility index (Phi) is 7.93. The summed E-state index contributed by atoms with van der Waals surface area (Å²) < 4.78 is 7.04. The number of amides is 1. The summed E-state index contributed by atoms with van der Waals surface area (Å²) in [6.07, 6.45) is 2.13. The van der Waals surface area contributed by atoms with Crippen LogP contribution >= 0.6 is 0 Å². The number of para-hydroxylation sites is 1. The minimum atomic E-state index is -0.338. The monoisotopic (exact) mass is 471 g/mol. The van der Waals surface area contributed by atoms with Crippen LogP contribution in [0.5, 0.6) is 0 Å². The molecule has 0 saturated heterocycles. The minimum absolute atomic E-state index is 0.0547. The van der Waals surface area contributed by atoms with Gasteiger partial charge in [0.15, 0.2) is 0 Å². The van der Waals surface area contributed by atoms with E-state index in [0.29, 0.717) is 54.8 Å². The fraction of sp³-hybridized carbons (Fsp3) is 0.345. The Bertz CT molecular complexity index is 1380. The van der Waals surface area contributed by atoms with Crippen LogP contribution in [-0.2, 0) is 11.3 Å². The van der Waals surface area contributed by atoms with Gasteiger partial charge in [0.25, 0.3) is 11.5 Å². The van der Waals surface area contributed by atoms with E-state index in [1.54, 1.807) is 11.7 Å². The first-order chi connectivity index (χ1) is 17.1. The summed E-state index contributed by atoms with van der Waals surface area (Å²) in [6, 6.07) is 20.9. The van der Waals surface area contributed by atoms with Crippen LogP contribution in [0.25, 0.3) is 21.7 Å². The van der Waals surface area contributed by atoms with E-state index in [4.69, 9.17) is 9.72 Å². The van der Waals surface area contributed by atoms with Gasteiger partial charge in [0, 0.05) is 32.4 Å². The van der Waals surface area contributed by atoms with Crippen LogP contribution in [0.3, 0.4) is 0 Å². The number of carbonyl (C=O) groups excluding carboxylic acids is 1. The Morgan fingerprint density at radius 2 is 1.77 bits per heavy atom. The number of carbonyl (C=O) groups is 1. The van der Waals surface area contributed by atoms with Gasteiger partial charge in [-0.15, -0.1) is 0 Å². The lowest BCUT2D eigenvalue weighted by molar-refractivity contribution is 0.0631. The van der Waals surface area contributed by atoms with E-state index in [9.17, 15) is 9.59 Å². The molecule has 1 unspecified atom stereocenters. The second-order valence-corrected chi connectivity index (χ2v) is 8.77. The van der Waals surface area contributed by atoms with E-state index in [1.807, 2.05) is 85.5 Å². The molecule has 1 atom stereocenters. The molecule has 0 N–H and O–H groups in total. The summed E-state index contributed by atoms with van der Waals surface area (Å²) in [4.78, 5) is 34.2. The second-order valence-electron chi connectivity index (χ2n) is 8.77. The zero-order chi connectivity index (χ0) is 24.8. The number of nitrogens with zero attached hydrogens (tertiary/aromatic N) is 3. The molecule has 1 aromatic heterocycles. The predicted octanol–water partition coefficient (Wildman–Crippen LogP) is 5.59. The number of ether oxygens (including phenoxy) is 1. The molecule has 4 rings (SSSR count). The summed E-state index contributed by atoms with van der Waals surface area (Å²) in [5, 5.41) is 2.72. The molecular formula is C29H33N3O3. The Labute approximate surface area is 206 Å². The Morgan fingerprint density at radius 3 is 2.51 bits per heavy atom. The normalized spacial score (nSPS) is 12.2. The molecule has 3 aromatic carbocycles. The lowest BCUT2D eigenvalue weighted by Gasteiger charge is -2.32. The molecule has 0 bridgehead atoms. The Balaban J connectivity index is 1.82. The van der Waals surface area contributed by atoms with Crippen LogP contribution < -0.4 is 5.56 Å². The molecule has 6 nitrogen and oxygen atoms in total. The van der Waals surface area contributed by atoms with Gasteiger partial charge in [-0.1, -0.05) is 56.3 Å². The average molecular weight is 472 g/mol. The third-order valence-corrected chi connectivity index (χ3v) is 6.40. The zero-order valence-corrected chi connectivity index (χ0v) is 20.7. The average Bonchev–Trinajstić information content (AvgIpc) is 2.89. The number of benzene rings is 3. The fourth-order valence-electron chi connectivity index (χ4n) is 4.69.